The molecule has 0 rings (SSSR count). The van der Waals surface area contributed by atoms with E-state index in [9.17, 15) is 5.11 Å². The molecule has 94 valence electrons. The Morgan fingerprint density at radius 2 is 1.88 bits per heavy atom. The van der Waals surface area contributed by atoms with Gasteiger partial charge in [0.1, 0.15) is 0 Å². The van der Waals surface area contributed by atoms with Gasteiger partial charge in [-0.1, -0.05) is 25.2 Å². The maximum Gasteiger partial charge on any atom is 0.0647 e. The van der Waals surface area contributed by atoms with Gasteiger partial charge in [0.2, 0.25) is 0 Å². The zero-order chi connectivity index (χ0) is 12.3. The molecule has 1 N–H and O–H groups in total. The van der Waals surface area contributed by atoms with Gasteiger partial charge in [-0.3, -0.25) is 0 Å². The van der Waals surface area contributed by atoms with E-state index in [4.69, 9.17) is 9.47 Å². The average molecular weight is 228 g/mol. The molecule has 0 saturated heterocycles. The molecule has 0 aliphatic carbocycles. The van der Waals surface area contributed by atoms with Crippen molar-refractivity contribution in [1.82, 2.24) is 0 Å². The van der Waals surface area contributed by atoms with E-state index in [0.717, 1.165) is 6.42 Å². The quantitative estimate of drug-likeness (QED) is 0.460. The molecule has 0 saturated carbocycles. The van der Waals surface area contributed by atoms with Gasteiger partial charge in [0.25, 0.3) is 0 Å². The third-order valence-corrected chi connectivity index (χ3v) is 2.59. The van der Waals surface area contributed by atoms with Crippen LogP contribution in [0.5, 0.6) is 0 Å². The molecule has 0 heterocycles. The Bertz CT molecular complexity index is 195. The highest BCUT2D eigenvalue weighted by Crippen LogP contribution is 2.22. The predicted molar refractivity (Wildman–Crippen MR) is 66.5 cm³/mol. The lowest BCUT2D eigenvalue weighted by molar-refractivity contribution is -0.0424. The minimum atomic E-state index is -0.287. The first kappa shape index (κ1) is 15.4. The molecule has 0 spiro atoms. The Morgan fingerprint density at radius 1 is 1.25 bits per heavy atom. The van der Waals surface area contributed by atoms with E-state index < -0.39 is 0 Å². The van der Waals surface area contributed by atoms with E-state index in [1.807, 2.05) is 26.0 Å². The zero-order valence-corrected chi connectivity index (χ0v) is 10.4. The Balaban J connectivity index is 4.03. The SMILES string of the molecule is C=CCOCC(CC)(CO)COC/C=C/C. The second-order valence-electron chi connectivity index (χ2n) is 3.90. The molecular weight excluding hydrogens is 204 g/mol. The topological polar surface area (TPSA) is 38.7 Å². The molecular formula is C13H24O3. The summed E-state index contributed by atoms with van der Waals surface area (Å²) < 4.78 is 10.9. The molecule has 16 heavy (non-hydrogen) atoms. The number of hydrogen-bond donors (Lipinski definition) is 1. The lowest BCUT2D eigenvalue weighted by Gasteiger charge is -2.29. The van der Waals surface area contributed by atoms with Gasteiger partial charge in [-0.2, -0.15) is 0 Å². The van der Waals surface area contributed by atoms with Crippen LogP contribution in [0.2, 0.25) is 0 Å². The van der Waals surface area contributed by atoms with E-state index in [1.54, 1.807) is 6.08 Å². The van der Waals surface area contributed by atoms with Gasteiger partial charge in [-0.25, -0.2) is 0 Å². The van der Waals surface area contributed by atoms with Crippen LogP contribution < -0.4 is 0 Å². The predicted octanol–water partition coefficient (Wildman–Crippen LogP) is 2.17. The van der Waals surface area contributed by atoms with Gasteiger partial charge in [-0.15, -0.1) is 6.58 Å². The maximum absolute atomic E-state index is 9.43. The summed E-state index contributed by atoms with van der Waals surface area (Å²) in [5.74, 6) is 0. The van der Waals surface area contributed by atoms with Crippen LogP contribution in [-0.4, -0.2) is 38.1 Å². The normalized spacial score (nSPS) is 15.2. The number of aliphatic hydroxyl groups is 1. The molecule has 3 heteroatoms. The Kier molecular flexibility index (Phi) is 9.19. The van der Waals surface area contributed by atoms with E-state index >= 15 is 0 Å². The van der Waals surface area contributed by atoms with Gasteiger partial charge in [-0.05, 0) is 13.3 Å². The van der Waals surface area contributed by atoms with Gasteiger partial charge < -0.3 is 14.6 Å². The minimum absolute atomic E-state index is 0.0798. The fourth-order valence-corrected chi connectivity index (χ4v) is 1.25. The van der Waals surface area contributed by atoms with E-state index in [0.29, 0.717) is 26.4 Å². The summed E-state index contributed by atoms with van der Waals surface area (Å²) in [6, 6.07) is 0. The summed E-state index contributed by atoms with van der Waals surface area (Å²) in [4.78, 5) is 0. The molecule has 0 bridgehead atoms. The fraction of sp³-hybridized carbons (Fsp3) is 0.692. The number of aliphatic hydroxyl groups excluding tert-OH is 1. The average Bonchev–Trinajstić information content (AvgIpc) is 2.33. The van der Waals surface area contributed by atoms with Gasteiger partial charge >= 0.3 is 0 Å². The van der Waals surface area contributed by atoms with Crippen molar-refractivity contribution in [2.45, 2.75) is 20.3 Å². The third kappa shape index (κ3) is 6.05. The first-order valence-corrected chi connectivity index (χ1v) is 5.73. The summed E-state index contributed by atoms with van der Waals surface area (Å²) >= 11 is 0. The molecule has 1 unspecified atom stereocenters. The summed E-state index contributed by atoms with van der Waals surface area (Å²) in [6.45, 7) is 9.77. The van der Waals surface area contributed by atoms with Crippen LogP contribution >= 0.6 is 0 Å². The van der Waals surface area contributed by atoms with Crippen molar-refractivity contribution in [3.63, 3.8) is 0 Å². The van der Waals surface area contributed by atoms with E-state index in [1.165, 1.54) is 0 Å². The molecule has 3 nitrogen and oxygen atoms in total. The summed E-state index contributed by atoms with van der Waals surface area (Å²) in [5, 5.41) is 9.43. The summed E-state index contributed by atoms with van der Waals surface area (Å²) in [6.07, 6.45) is 6.43. The van der Waals surface area contributed by atoms with Crippen molar-refractivity contribution in [3.8, 4) is 0 Å². The van der Waals surface area contributed by atoms with Crippen molar-refractivity contribution in [3.05, 3.63) is 24.8 Å². The van der Waals surface area contributed by atoms with Crippen LogP contribution in [0.4, 0.5) is 0 Å². The van der Waals surface area contributed by atoms with Crippen LogP contribution in [0, 0.1) is 5.41 Å². The molecule has 0 aromatic carbocycles. The molecule has 0 radical (unpaired) electrons. The number of rotatable bonds is 10. The standard InChI is InChI=1S/C13H24O3/c1-4-7-9-16-12-13(6-3,10-14)11-15-8-5-2/h4-5,7,14H,2,6,8-12H2,1,3H3/b7-4+. The second-order valence-corrected chi connectivity index (χ2v) is 3.90. The van der Waals surface area contributed by atoms with Gasteiger partial charge in [0.05, 0.1) is 33.0 Å². The molecule has 0 amide bonds. The lowest BCUT2D eigenvalue weighted by atomic mass is 9.88. The van der Waals surface area contributed by atoms with E-state index in [2.05, 4.69) is 6.58 Å². The monoisotopic (exact) mass is 228 g/mol. The van der Waals surface area contributed by atoms with Crippen LogP contribution in [-0.2, 0) is 9.47 Å². The van der Waals surface area contributed by atoms with Crippen molar-refractivity contribution >= 4 is 0 Å². The molecule has 0 aromatic rings. The first-order valence-electron chi connectivity index (χ1n) is 5.73. The highest BCUT2D eigenvalue weighted by atomic mass is 16.5. The van der Waals surface area contributed by atoms with Crippen LogP contribution in [0.1, 0.15) is 20.3 Å². The third-order valence-electron chi connectivity index (χ3n) is 2.59. The van der Waals surface area contributed by atoms with Crippen molar-refractivity contribution in [2.75, 3.05) is 33.0 Å². The summed E-state index contributed by atoms with van der Waals surface area (Å²) in [5.41, 5.74) is -0.287. The van der Waals surface area contributed by atoms with Crippen molar-refractivity contribution in [2.24, 2.45) is 5.41 Å². The van der Waals surface area contributed by atoms with Crippen LogP contribution in [0.15, 0.2) is 24.8 Å². The fourth-order valence-electron chi connectivity index (χ4n) is 1.25. The van der Waals surface area contributed by atoms with Crippen LogP contribution in [0.3, 0.4) is 0 Å². The second kappa shape index (κ2) is 9.58. The molecule has 0 fully saturated rings. The number of hydrogen-bond acceptors (Lipinski definition) is 3. The zero-order valence-electron chi connectivity index (χ0n) is 10.4. The van der Waals surface area contributed by atoms with Crippen LogP contribution in [0.25, 0.3) is 0 Å². The Labute approximate surface area is 98.8 Å². The Morgan fingerprint density at radius 3 is 2.31 bits per heavy atom. The summed E-state index contributed by atoms with van der Waals surface area (Å²) in [7, 11) is 0. The molecule has 1 atom stereocenters. The van der Waals surface area contributed by atoms with Crippen molar-refractivity contribution < 1.29 is 14.6 Å². The number of allylic oxidation sites excluding steroid dienone is 1. The highest BCUT2D eigenvalue weighted by Gasteiger charge is 2.28. The Hall–Kier alpha value is -0.640. The first-order chi connectivity index (χ1) is 7.74. The minimum Gasteiger partial charge on any atom is -0.396 e. The van der Waals surface area contributed by atoms with E-state index in [-0.39, 0.29) is 12.0 Å². The van der Waals surface area contributed by atoms with Crippen molar-refractivity contribution in [1.29, 1.82) is 0 Å². The molecule has 0 aliphatic heterocycles. The largest absolute Gasteiger partial charge is 0.396 e. The molecule has 0 aliphatic rings. The highest BCUT2D eigenvalue weighted by molar-refractivity contribution is 4.80. The molecule has 0 aromatic heterocycles. The smallest absolute Gasteiger partial charge is 0.0647 e. The lowest BCUT2D eigenvalue weighted by Crippen LogP contribution is -2.35. The van der Waals surface area contributed by atoms with Gasteiger partial charge in [0, 0.05) is 5.41 Å². The van der Waals surface area contributed by atoms with Gasteiger partial charge in [0.15, 0.2) is 0 Å². The number of ether oxygens (including phenoxy) is 2. The maximum atomic E-state index is 9.43.